The van der Waals surface area contributed by atoms with Crippen LogP contribution in [0.4, 0.5) is 0 Å². The average molecular weight is 289 g/mol. The summed E-state index contributed by atoms with van der Waals surface area (Å²) in [7, 11) is 0. The molecule has 1 radical (unpaired) electrons. The summed E-state index contributed by atoms with van der Waals surface area (Å²) in [6, 6.07) is 0.268. The first-order valence-electron chi connectivity index (χ1n) is 5.57. The Balaban J connectivity index is 0.000000963. The number of nitrogens with one attached hydrogen (secondary N) is 1. The van der Waals surface area contributed by atoms with Crippen molar-refractivity contribution in [2.45, 2.75) is 24.9 Å². The van der Waals surface area contributed by atoms with Crippen LogP contribution in [0.25, 0.3) is 0 Å². The molecule has 3 heteroatoms. The minimum absolute atomic E-state index is 0. The van der Waals surface area contributed by atoms with E-state index in [1.165, 1.54) is 5.57 Å². The second-order valence-electron chi connectivity index (χ2n) is 4.50. The summed E-state index contributed by atoms with van der Waals surface area (Å²) in [5, 5.41) is 3.39. The van der Waals surface area contributed by atoms with Crippen molar-refractivity contribution in [3.05, 3.63) is 36.0 Å². The minimum atomic E-state index is -0.0846. The van der Waals surface area contributed by atoms with E-state index in [2.05, 4.69) is 42.0 Å². The van der Waals surface area contributed by atoms with Crippen LogP contribution in [0.15, 0.2) is 36.0 Å². The maximum Gasteiger partial charge on any atom is 0.0304 e. The van der Waals surface area contributed by atoms with Crippen molar-refractivity contribution in [2.24, 2.45) is 11.8 Å². The number of allylic oxidation sites excluding steroid dienone is 4. The van der Waals surface area contributed by atoms with Gasteiger partial charge in [0.25, 0.3) is 0 Å². The summed E-state index contributed by atoms with van der Waals surface area (Å²) in [5.74, 6) is 0.865. The van der Waals surface area contributed by atoms with Crippen LogP contribution in [0.5, 0.6) is 0 Å². The van der Waals surface area contributed by atoms with Gasteiger partial charge < -0.3 is 10.1 Å². The predicted molar refractivity (Wildman–Crippen MR) is 59.0 cm³/mol. The van der Waals surface area contributed by atoms with Crippen LogP contribution < -0.4 is 5.32 Å². The van der Waals surface area contributed by atoms with Gasteiger partial charge in [0, 0.05) is 44.7 Å². The Morgan fingerprint density at radius 1 is 1.31 bits per heavy atom. The van der Waals surface area contributed by atoms with Gasteiger partial charge in [-0.05, 0) is 24.3 Å². The van der Waals surface area contributed by atoms with Crippen LogP contribution in [-0.2, 0) is 37.5 Å². The van der Waals surface area contributed by atoms with Gasteiger partial charge in [-0.3, -0.25) is 0 Å². The number of hydrogen-bond donors (Lipinski definition) is 1. The Bertz CT molecular complexity index is 372. The molecule has 1 fully saturated rings. The molecule has 1 N–H and O–H groups in total. The van der Waals surface area contributed by atoms with Gasteiger partial charge in [0.1, 0.15) is 0 Å². The normalized spacial score (nSPS) is 39.4. The molecule has 0 spiro atoms. The molecular formula is C13H14NOY-. The van der Waals surface area contributed by atoms with Crippen LogP contribution in [0, 0.1) is 11.8 Å². The van der Waals surface area contributed by atoms with Gasteiger partial charge in [-0.2, -0.15) is 0 Å². The predicted octanol–water partition coefficient (Wildman–Crippen LogP) is 1.51. The number of hydrogen-bond acceptors (Lipinski definition) is 2. The second kappa shape index (κ2) is 5.07. The van der Waals surface area contributed by atoms with Crippen molar-refractivity contribution in [1.29, 1.82) is 0 Å². The van der Waals surface area contributed by atoms with Crippen molar-refractivity contribution in [3.63, 3.8) is 0 Å². The molecule has 3 rings (SSSR count). The van der Waals surface area contributed by atoms with Crippen molar-refractivity contribution in [1.82, 2.24) is 5.32 Å². The molecule has 1 heterocycles. The largest absolute Gasteiger partial charge is 0.540 e. The monoisotopic (exact) mass is 289 g/mol. The topological polar surface area (TPSA) is 29.1 Å². The average Bonchev–Trinajstić information content (AvgIpc) is 2.77. The molecule has 0 saturated carbocycles. The Morgan fingerprint density at radius 2 is 2.19 bits per heavy atom. The molecule has 0 aromatic carbocycles. The maximum atomic E-state index is 10.9. The Labute approximate surface area is 121 Å². The second-order valence-corrected chi connectivity index (χ2v) is 4.50. The van der Waals surface area contributed by atoms with Gasteiger partial charge in [-0.1, -0.05) is 36.4 Å². The molecule has 4 atom stereocenters. The fourth-order valence-corrected chi connectivity index (χ4v) is 2.99. The van der Waals surface area contributed by atoms with Gasteiger partial charge in [0.15, 0.2) is 0 Å². The van der Waals surface area contributed by atoms with Crippen LogP contribution >= 0.6 is 0 Å². The SMILES string of the molecule is O=[C-]C1NC2CC=CC=C2C2C=CCC12.[Y]. The van der Waals surface area contributed by atoms with Crippen LogP contribution in [0.2, 0.25) is 0 Å². The van der Waals surface area contributed by atoms with Gasteiger partial charge in [-0.15, -0.1) is 0 Å². The van der Waals surface area contributed by atoms with E-state index in [0.29, 0.717) is 17.9 Å². The van der Waals surface area contributed by atoms with E-state index in [1.807, 2.05) is 0 Å². The van der Waals surface area contributed by atoms with E-state index < -0.39 is 0 Å². The van der Waals surface area contributed by atoms with Gasteiger partial charge in [-0.25, -0.2) is 6.29 Å². The molecular weight excluding hydrogens is 275 g/mol. The number of carbonyl (C=O) groups excluding carboxylic acids is 1. The Hall–Kier alpha value is -0.0461. The van der Waals surface area contributed by atoms with Crippen LogP contribution in [0.3, 0.4) is 0 Å². The molecule has 4 unspecified atom stereocenters. The van der Waals surface area contributed by atoms with E-state index in [0.717, 1.165) is 12.8 Å². The molecule has 81 valence electrons. The van der Waals surface area contributed by atoms with Crippen molar-refractivity contribution in [2.75, 3.05) is 0 Å². The summed E-state index contributed by atoms with van der Waals surface area (Å²) < 4.78 is 0. The molecule has 16 heavy (non-hydrogen) atoms. The van der Waals surface area contributed by atoms with Crippen molar-refractivity contribution < 1.29 is 37.5 Å². The molecule has 0 bridgehead atoms. The molecule has 1 aliphatic heterocycles. The minimum Gasteiger partial charge on any atom is -0.540 e. The summed E-state index contributed by atoms with van der Waals surface area (Å²) >= 11 is 0. The summed E-state index contributed by atoms with van der Waals surface area (Å²) in [6.07, 6.45) is 15.1. The zero-order chi connectivity index (χ0) is 10.3. The fourth-order valence-electron chi connectivity index (χ4n) is 2.99. The Morgan fingerprint density at radius 3 is 3.00 bits per heavy atom. The third kappa shape index (κ3) is 1.92. The van der Waals surface area contributed by atoms with Crippen LogP contribution in [0.1, 0.15) is 12.8 Å². The van der Waals surface area contributed by atoms with E-state index in [9.17, 15) is 4.79 Å². The molecule has 0 amide bonds. The third-order valence-electron chi connectivity index (χ3n) is 3.73. The summed E-state index contributed by atoms with van der Waals surface area (Å²) in [5.41, 5.74) is 1.45. The van der Waals surface area contributed by atoms with E-state index in [4.69, 9.17) is 0 Å². The van der Waals surface area contributed by atoms with Gasteiger partial charge >= 0.3 is 0 Å². The third-order valence-corrected chi connectivity index (χ3v) is 3.73. The molecule has 1 saturated heterocycles. The van der Waals surface area contributed by atoms with Gasteiger partial charge in [0.05, 0.1) is 0 Å². The first-order valence-corrected chi connectivity index (χ1v) is 5.57. The number of rotatable bonds is 1. The molecule has 0 aromatic heterocycles. The zero-order valence-corrected chi connectivity index (χ0v) is 11.9. The first-order chi connectivity index (χ1) is 7.40. The first kappa shape index (κ1) is 12.4. The van der Waals surface area contributed by atoms with Crippen molar-refractivity contribution in [3.8, 4) is 0 Å². The molecule has 0 aromatic rings. The van der Waals surface area contributed by atoms with E-state index in [1.54, 1.807) is 0 Å². The summed E-state index contributed by atoms with van der Waals surface area (Å²) in [4.78, 5) is 10.9. The molecule has 2 nitrogen and oxygen atoms in total. The van der Waals surface area contributed by atoms with Gasteiger partial charge in [0.2, 0.25) is 0 Å². The zero-order valence-electron chi connectivity index (χ0n) is 9.10. The van der Waals surface area contributed by atoms with E-state index in [-0.39, 0.29) is 38.8 Å². The van der Waals surface area contributed by atoms with Crippen LogP contribution in [-0.4, -0.2) is 18.4 Å². The summed E-state index contributed by atoms with van der Waals surface area (Å²) in [6.45, 7) is 0. The molecule has 3 aliphatic rings. The maximum absolute atomic E-state index is 10.9. The van der Waals surface area contributed by atoms with E-state index >= 15 is 0 Å². The van der Waals surface area contributed by atoms with Crippen molar-refractivity contribution >= 4 is 6.29 Å². The number of fused-ring (bicyclic) bond motifs is 3. The number of piperidine rings is 1. The quantitative estimate of drug-likeness (QED) is 0.585. The smallest absolute Gasteiger partial charge is 0.0304 e. The fraction of sp³-hybridized carbons (Fsp3) is 0.462. The molecule has 2 aliphatic carbocycles. The standard InChI is InChI=1S/C13H14NO.Y/c15-8-13-11-6-3-5-9(11)10-4-1-2-7-12(10)14-13;/h1-5,9,11-14H,6-7H2;/q-1;. The Kier molecular flexibility index (Phi) is 3.94.